The van der Waals surface area contributed by atoms with Crippen LogP contribution in [-0.2, 0) is 4.79 Å². The van der Waals surface area contributed by atoms with Gasteiger partial charge in [0, 0.05) is 65.4 Å². The van der Waals surface area contributed by atoms with Crippen LogP contribution in [-0.4, -0.2) is 110 Å². The van der Waals surface area contributed by atoms with Gasteiger partial charge in [-0.25, -0.2) is 0 Å². The van der Waals surface area contributed by atoms with Crippen molar-refractivity contribution >= 4 is 11.9 Å². The molecular weight excluding hydrogens is 364 g/mol. The summed E-state index contributed by atoms with van der Waals surface area (Å²) in [6.07, 6.45) is 6.18. The topological polar surface area (TPSA) is 54.4 Å². The Morgan fingerprint density at radius 3 is 2.34 bits per heavy atom. The molecule has 0 aromatic carbocycles. The molecule has 3 aliphatic heterocycles. The van der Waals surface area contributed by atoms with E-state index in [1.54, 1.807) is 0 Å². The van der Waals surface area contributed by atoms with E-state index in [0.29, 0.717) is 18.5 Å². The Kier molecular flexibility index (Phi) is 8.60. The van der Waals surface area contributed by atoms with Crippen LogP contribution in [0.25, 0.3) is 0 Å². The SMILES string of the molecule is CN=C(NC[C@H]1CCCN1CC(C)C)N1CCN(CC(=O)N2CCCCC2)CC1. The number of nitrogens with zero attached hydrogens (tertiary/aromatic N) is 5. The van der Waals surface area contributed by atoms with Crippen molar-refractivity contribution in [3.05, 3.63) is 0 Å². The van der Waals surface area contributed by atoms with Crippen LogP contribution in [0.5, 0.6) is 0 Å². The lowest BCUT2D eigenvalue weighted by molar-refractivity contribution is -0.133. The van der Waals surface area contributed by atoms with Gasteiger partial charge in [-0.05, 0) is 44.6 Å². The highest BCUT2D eigenvalue weighted by atomic mass is 16.2. The molecule has 3 heterocycles. The zero-order valence-electron chi connectivity index (χ0n) is 18.9. The highest BCUT2D eigenvalue weighted by molar-refractivity contribution is 5.80. The zero-order valence-corrected chi connectivity index (χ0v) is 18.9. The summed E-state index contributed by atoms with van der Waals surface area (Å²) >= 11 is 0. The summed E-state index contributed by atoms with van der Waals surface area (Å²) in [4.78, 5) is 26.4. The number of amides is 1. The predicted octanol–water partition coefficient (Wildman–Crippen LogP) is 1.31. The van der Waals surface area contributed by atoms with Crippen LogP contribution in [0.2, 0.25) is 0 Å². The molecule has 1 amide bonds. The summed E-state index contributed by atoms with van der Waals surface area (Å²) < 4.78 is 0. The molecule has 0 aromatic heterocycles. The third-order valence-electron chi connectivity index (χ3n) is 6.55. The van der Waals surface area contributed by atoms with E-state index in [9.17, 15) is 4.79 Å². The lowest BCUT2D eigenvalue weighted by Crippen LogP contribution is -2.55. The number of carbonyl (C=O) groups excluding carboxylic acids is 1. The second-order valence-corrected chi connectivity index (χ2v) is 9.32. The highest BCUT2D eigenvalue weighted by Crippen LogP contribution is 2.18. The number of hydrogen-bond acceptors (Lipinski definition) is 4. The number of hydrogen-bond donors (Lipinski definition) is 1. The normalized spacial score (nSPS) is 25.1. The summed E-state index contributed by atoms with van der Waals surface area (Å²) in [5.74, 6) is 2.05. The van der Waals surface area contributed by atoms with E-state index in [1.807, 2.05) is 7.05 Å². The van der Waals surface area contributed by atoms with Gasteiger partial charge in [0.2, 0.25) is 5.91 Å². The van der Waals surface area contributed by atoms with E-state index in [-0.39, 0.29) is 0 Å². The molecule has 0 aliphatic carbocycles. The van der Waals surface area contributed by atoms with Crippen molar-refractivity contribution in [2.24, 2.45) is 10.9 Å². The van der Waals surface area contributed by atoms with Gasteiger partial charge in [0.1, 0.15) is 0 Å². The van der Waals surface area contributed by atoms with E-state index >= 15 is 0 Å². The number of rotatable bonds is 6. The number of piperidine rings is 1. The summed E-state index contributed by atoms with van der Waals surface area (Å²) in [5, 5.41) is 3.63. The van der Waals surface area contributed by atoms with Gasteiger partial charge in [0.25, 0.3) is 0 Å². The number of carbonyl (C=O) groups is 1. The van der Waals surface area contributed by atoms with Crippen molar-refractivity contribution in [1.82, 2.24) is 24.9 Å². The number of likely N-dealkylation sites (tertiary alicyclic amines) is 2. The van der Waals surface area contributed by atoms with Gasteiger partial charge in [-0.3, -0.25) is 19.6 Å². The molecule has 0 radical (unpaired) electrons. The molecule has 3 saturated heterocycles. The van der Waals surface area contributed by atoms with E-state index in [0.717, 1.165) is 70.5 Å². The highest BCUT2D eigenvalue weighted by Gasteiger charge is 2.27. The van der Waals surface area contributed by atoms with E-state index in [4.69, 9.17) is 0 Å². The Morgan fingerprint density at radius 2 is 1.69 bits per heavy atom. The van der Waals surface area contributed by atoms with Crippen LogP contribution >= 0.6 is 0 Å². The molecule has 1 N–H and O–H groups in total. The molecule has 1 atom stereocenters. The fourth-order valence-corrected chi connectivity index (χ4v) is 4.93. The van der Waals surface area contributed by atoms with Crippen molar-refractivity contribution in [2.45, 2.75) is 52.0 Å². The maximum atomic E-state index is 12.5. The second-order valence-electron chi connectivity index (χ2n) is 9.32. The fourth-order valence-electron chi connectivity index (χ4n) is 4.93. The molecule has 0 spiro atoms. The molecule has 3 rings (SSSR count). The minimum Gasteiger partial charge on any atom is -0.355 e. The van der Waals surface area contributed by atoms with Crippen molar-refractivity contribution < 1.29 is 4.79 Å². The van der Waals surface area contributed by atoms with Gasteiger partial charge in [0.05, 0.1) is 6.54 Å². The Bertz CT molecular complexity index is 537. The van der Waals surface area contributed by atoms with Crippen molar-refractivity contribution in [3.8, 4) is 0 Å². The third-order valence-corrected chi connectivity index (χ3v) is 6.55. The van der Waals surface area contributed by atoms with Gasteiger partial charge in [-0.15, -0.1) is 0 Å². The fraction of sp³-hybridized carbons (Fsp3) is 0.909. The Balaban J connectivity index is 1.40. The minimum atomic E-state index is 0.312. The number of nitrogens with one attached hydrogen (secondary N) is 1. The molecule has 0 aromatic rings. The lowest BCUT2D eigenvalue weighted by Gasteiger charge is -2.38. The van der Waals surface area contributed by atoms with Crippen LogP contribution in [0, 0.1) is 5.92 Å². The first-order chi connectivity index (χ1) is 14.1. The zero-order chi connectivity index (χ0) is 20.6. The Morgan fingerprint density at radius 1 is 0.966 bits per heavy atom. The van der Waals surface area contributed by atoms with Crippen LogP contribution in [0.1, 0.15) is 46.0 Å². The standard InChI is InChI=1S/C22H42N6O/c1-19(2)17-28-11-7-8-20(28)16-24-22(23-3)27-14-12-25(13-15-27)18-21(29)26-9-5-4-6-10-26/h19-20H,4-18H2,1-3H3,(H,23,24)/t20-/m1/s1. The van der Waals surface area contributed by atoms with Crippen LogP contribution < -0.4 is 5.32 Å². The largest absolute Gasteiger partial charge is 0.355 e. The van der Waals surface area contributed by atoms with E-state index in [2.05, 4.69) is 43.8 Å². The number of piperazine rings is 1. The average molecular weight is 407 g/mol. The van der Waals surface area contributed by atoms with Gasteiger partial charge in [-0.2, -0.15) is 0 Å². The van der Waals surface area contributed by atoms with Gasteiger partial charge >= 0.3 is 0 Å². The molecule has 29 heavy (non-hydrogen) atoms. The Labute approximate surface area is 177 Å². The molecule has 0 bridgehead atoms. The van der Waals surface area contributed by atoms with E-state index in [1.165, 1.54) is 32.4 Å². The minimum absolute atomic E-state index is 0.312. The van der Waals surface area contributed by atoms with Crippen molar-refractivity contribution in [1.29, 1.82) is 0 Å². The smallest absolute Gasteiger partial charge is 0.236 e. The molecular formula is C22H42N6O. The van der Waals surface area contributed by atoms with Crippen molar-refractivity contribution in [3.63, 3.8) is 0 Å². The van der Waals surface area contributed by atoms with Gasteiger partial charge in [-0.1, -0.05) is 13.8 Å². The molecule has 3 aliphatic rings. The van der Waals surface area contributed by atoms with Crippen LogP contribution in [0.15, 0.2) is 4.99 Å². The molecule has 3 fully saturated rings. The summed E-state index contributed by atoms with van der Waals surface area (Å²) in [6, 6.07) is 0.623. The number of aliphatic imine (C=N–C) groups is 1. The average Bonchev–Trinajstić information content (AvgIpc) is 3.16. The van der Waals surface area contributed by atoms with Crippen molar-refractivity contribution in [2.75, 3.05) is 72.5 Å². The first-order valence-corrected chi connectivity index (χ1v) is 11.8. The molecule has 166 valence electrons. The summed E-state index contributed by atoms with van der Waals surface area (Å²) in [7, 11) is 1.88. The monoisotopic (exact) mass is 406 g/mol. The van der Waals surface area contributed by atoms with Gasteiger partial charge in [0.15, 0.2) is 5.96 Å². The first kappa shape index (κ1) is 22.3. The van der Waals surface area contributed by atoms with Crippen LogP contribution in [0.3, 0.4) is 0 Å². The Hall–Kier alpha value is -1.34. The molecule has 0 unspecified atom stereocenters. The maximum Gasteiger partial charge on any atom is 0.236 e. The van der Waals surface area contributed by atoms with Crippen LogP contribution in [0.4, 0.5) is 0 Å². The second kappa shape index (κ2) is 11.2. The van der Waals surface area contributed by atoms with E-state index < -0.39 is 0 Å². The summed E-state index contributed by atoms with van der Waals surface area (Å²) in [5.41, 5.74) is 0. The first-order valence-electron chi connectivity index (χ1n) is 11.8. The molecule has 7 heteroatoms. The molecule has 7 nitrogen and oxygen atoms in total. The third kappa shape index (κ3) is 6.57. The number of guanidine groups is 1. The van der Waals surface area contributed by atoms with Gasteiger partial charge < -0.3 is 15.1 Å². The summed E-state index contributed by atoms with van der Waals surface area (Å²) in [6.45, 7) is 14.2. The maximum absolute atomic E-state index is 12.5. The molecule has 0 saturated carbocycles. The lowest BCUT2D eigenvalue weighted by atomic mass is 10.1. The predicted molar refractivity (Wildman–Crippen MR) is 119 cm³/mol. The quantitative estimate of drug-likeness (QED) is 0.533.